The highest BCUT2D eigenvalue weighted by Gasteiger charge is 2.40. The number of Topliss-reactive ketones (excluding diaryl/α,β-unsaturated/α-hetero) is 1. The highest BCUT2D eigenvalue weighted by molar-refractivity contribution is 8.20. The molecule has 2 heterocycles. The molecule has 0 N–H and O–H groups in total. The molecule has 5 nitrogen and oxygen atoms in total. The standard InChI is InChI=1S/C26H21N3O2S2/c1-16-7-6-8-20(15-16)29-24(31)23(25-28(3)21-9-4-5-10-22(21)32-25)33-26(29)27-19-13-11-18(12-14-19)17(2)30/h4-15H,1-3H3/b25-23-,27-26?. The highest BCUT2D eigenvalue weighted by Crippen LogP contribution is 2.50. The van der Waals surface area contributed by atoms with Crippen molar-refractivity contribution in [1.82, 2.24) is 0 Å². The lowest BCUT2D eigenvalue weighted by molar-refractivity contribution is -0.113. The number of anilines is 2. The van der Waals surface area contributed by atoms with Gasteiger partial charge in [-0.15, -0.1) is 0 Å². The molecule has 2 aliphatic heterocycles. The Bertz CT molecular complexity index is 1350. The molecule has 7 heteroatoms. The van der Waals surface area contributed by atoms with Crippen LogP contribution in [0.15, 0.2) is 92.6 Å². The molecule has 164 valence electrons. The lowest BCUT2D eigenvalue weighted by atomic mass is 10.1. The molecule has 5 rings (SSSR count). The summed E-state index contributed by atoms with van der Waals surface area (Å²) in [5.41, 5.74) is 4.26. The molecule has 0 bridgehead atoms. The van der Waals surface area contributed by atoms with Crippen LogP contribution >= 0.6 is 23.5 Å². The number of carbonyl (C=O) groups is 2. The van der Waals surface area contributed by atoms with Crippen molar-refractivity contribution in [2.24, 2.45) is 4.99 Å². The Morgan fingerprint density at radius 1 is 0.939 bits per heavy atom. The summed E-state index contributed by atoms with van der Waals surface area (Å²) in [5, 5.41) is 1.50. The van der Waals surface area contributed by atoms with Crippen LogP contribution in [0.25, 0.3) is 0 Å². The van der Waals surface area contributed by atoms with Gasteiger partial charge in [0.2, 0.25) is 0 Å². The van der Waals surface area contributed by atoms with Crippen LogP contribution in [0.2, 0.25) is 0 Å². The molecule has 1 fully saturated rings. The molecular formula is C26H21N3O2S2. The number of aryl methyl sites for hydroxylation is 1. The fourth-order valence-corrected chi connectivity index (χ4v) is 6.10. The number of amides is 1. The largest absolute Gasteiger partial charge is 0.337 e. The Kier molecular flexibility index (Phi) is 5.60. The minimum absolute atomic E-state index is 0.00823. The summed E-state index contributed by atoms with van der Waals surface area (Å²) >= 11 is 2.98. The second-order valence-electron chi connectivity index (χ2n) is 7.84. The van der Waals surface area contributed by atoms with Crippen molar-refractivity contribution >= 4 is 57.4 Å². The molecule has 0 atom stereocenters. The minimum Gasteiger partial charge on any atom is -0.337 e. The van der Waals surface area contributed by atoms with Crippen molar-refractivity contribution in [1.29, 1.82) is 0 Å². The van der Waals surface area contributed by atoms with Gasteiger partial charge < -0.3 is 4.90 Å². The van der Waals surface area contributed by atoms with Gasteiger partial charge >= 0.3 is 0 Å². The summed E-state index contributed by atoms with van der Waals surface area (Å²) in [5.74, 6) is -0.0826. The first-order valence-electron chi connectivity index (χ1n) is 10.5. The molecule has 0 unspecified atom stereocenters. The van der Waals surface area contributed by atoms with E-state index in [1.54, 1.807) is 40.9 Å². The molecular weight excluding hydrogens is 450 g/mol. The highest BCUT2D eigenvalue weighted by atomic mass is 32.2. The molecule has 0 saturated carbocycles. The van der Waals surface area contributed by atoms with E-state index in [0.717, 1.165) is 26.9 Å². The minimum atomic E-state index is -0.0909. The zero-order valence-corrected chi connectivity index (χ0v) is 20.0. The lowest BCUT2D eigenvalue weighted by Crippen LogP contribution is -2.29. The van der Waals surface area contributed by atoms with Gasteiger partial charge in [-0.25, -0.2) is 4.99 Å². The van der Waals surface area contributed by atoms with Crippen molar-refractivity contribution in [2.45, 2.75) is 18.7 Å². The molecule has 0 aromatic heterocycles. The maximum Gasteiger partial charge on any atom is 0.274 e. The molecule has 2 aliphatic rings. The fourth-order valence-electron chi connectivity index (χ4n) is 3.75. The number of hydrogen-bond acceptors (Lipinski definition) is 6. The summed E-state index contributed by atoms with van der Waals surface area (Å²) in [4.78, 5) is 35.7. The van der Waals surface area contributed by atoms with Crippen LogP contribution in [0.3, 0.4) is 0 Å². The number of aliphatic imine (C=N–C) groups is 1. The van der Waals surface area contributed by atoms with E-state index in [1.807, 2.05) is 50.4 Å². The molecule has 1 saturated heterocycles. The number of amidine groups is 1. The quantitative estimate of drug-likeness (QED) is 0.328. The predicted octanol–water partition coefficient (Wildman–Crippen LogP) is 6.38. The smallest absolute Gasteiger partial charge is 0.274 e. The van der Waals surface area contributed by atoms with Crippen molar-refractivity contribution in [3.05, 3.63) is 93.9 Å². The first-order valence-corrected chi connectivity index (χ1v) is 12.1. The Morgan fingerprint density at radius 2 is 1.70 bits per heavy atom. The SMILES string of the molecule is CC(=O)c1ccc(N=C2S/C(=C3\Sc4ccccc4N3C)C(=O)N2c2cccc(C)c2)cc1. The normalized spacial score (nSPS) is 18.9. The van der Waals surface area contributed by atoms with Gasteiger partial charge in [0.15, 0.2) is 11.0 Å². The van der Waals surface area contributed by atoms with Crippen molar-refractivity contribution < 1.29 is 9.59 Å². The molecule has 0 spiro atoms. The van der Waals surface area contributed by atoms with Gasteiger partial charge in [-0.2, -0.15) is 0 Å². The van der Waals surface area contributed by atoms with E-state index in [9.17, 15) is 9.59 Å². The average Bonchev–Trinajstić information content (AvgIpc) is 3.30. The van der Waals surface area contributed by atoms with E-state index in [4.69, 9.17) is 4.99 Å². The van der Waals surface area contributed by atoms with E-state index >= 15 is 0 Å². The number of hydrogen-bond donors (Lipinski definition) is 0. The number of fused-ring (bicyclic) bond motifs is 1. The number of ketones is 1. The Hall–Kier alpha value is -3.29. The van der Waals surface area contributed by atoms with Gasteiger partial charge in [0.25, 0.3) is 5.91 Å². The Balaban J connectivity index is 1.60. The Labute approximate surface area is 201 Å². The third-order valence-corrected chi connectivity index (χ3v) is 7.87. The van der Waals surface area contributed by atoms with Crippen molar-refractivity contribution in [3.8, 4) is 0 Å². The number of thioether (sulfide) groups is 2. The molecule has 0 radical (unpaired) electrons. The van der Waals surface area contributed by atoms with Gasteiger partial charge in [-0.05, 0) is 79.7 Å². The number of carbonyl (C=O) groups excluding carboxylic acids is 2. The third-order valence-electron chi connectivity index (χ3n) is 5.47. The zero-order chi connectivity index (χ0) is 23.1. The molecule has 1 amide bonds. The van der Waals surface area contributed by atoms with Gasteiger partial charge in [0.1, 0.15) is 4.91 Å². The van der Waals surface area contributed by atoms with Crippen LogP contribution in [0.4, 0.5) is 17.1 Å². The second-order valence-corrected chi connectivity index (χ2v) is 9.85. The number of rotatable bonds is 3. The number of benzene rings is 3. The van der Waals surface area contributed by atoms with Crippen molar-refractivity contribution in [2.75, 3.05) is 16.8 Å². The van der Waals surface area contributed by atoms with Crippen LogP contribution in [-0.4, -0.2) is 23.9 Å². The maximum atomic E-state index is 13.7. The van der Waals surface area contributed by atoms with E-state index in [0.29, 0.717) is 21.3 Å². The zero-order valence-electron chi connectivity index (χ0n) is 18.4. The molecule has 33 heavy (non-hydrogen) atoms. The number of nitrogens with zero attached hydrogens (tertiary/aromatic N) is 3. The van der Waals surface area contributed by atoms with Crippen LogP contribution in [0.1, 0.15) is 22.8 Å². The second kappa shape index (κ2) is 8.57. The maximum absolute atomic E-state index is 13.7. The number of para-hydroxylation sites is 1. The Morgan fingerprint density at radius 3 is 2.39 bits per heavy atom. The van der Waals surface area contributed by atoms with Crippen LogP contribution in [0.5, 0.6) is 0 Å². The summed E-state index contributed by atoms with van der Waals surface area (Å²) in [6, 6.07) is 23.1. The van der Waals surface area contributed by atoms with E-state index in [-0.39, 0.29) is 11.7 Å². The fraction of sp³-hybridized carbons (Fsp3) is 0.115. The third kappa shape index (κ3) is 3.98. The summed E-state index contributed by atoms with van der Waals surface area (Å²) in [7, 11) is 1.99. The first-order chi connectivity index (χ1) is 15.9. The van der Waals surface area contributed by atoms with Gasteiger partial charge in [-0.3, -0.25) is 14.5 Å². The van der Waals surface area contributed by atoms with Crippen LogP contribution in [-0.2, 0) is 4.79 Å². The average molecular weight is 472 g/mol. The monoisotopic (exact) mass is 471 g/mol. The molecule has 3 aromatic carbocycles. The molecule has 0 aliphatic carbocycles. The topological polar surface area (TPSA) is 53.0 Å². The summed E-state index contributed by atoms with van der Waals surface area (Å²) in [6.45, 7) is 3.54. The van der Waals surface area contributed by atoms with E-state index in [1.165, 1.54) is 18.7 Å². The lowest BCUT2D eigenvalue weighted by Gasteiger charge is -2.17. The molecule has 3 aromatic rings. The van der Waals surface area contributed by atoms with Crippen LogP contribution < -0.4 is 9.80 Å². The van der Waals surface area contributed by atoms with Gasteiger partial charge in [-0.1, -0.05) is 36.0 Å². The van der Waals surface area contributed by atoms with Gasteiger partial charge in [0.05, 0.1) is 22.1 Å². The summed E-state index contributed by atoms with van der Waals surface area (Å²) in [6.07, 6.45) is 0. The van der Waals surface area contributed by atoms with Crippen LogP contribution in [0, 0.1) is 6.92 Å². The predicted molar refractivity (Wildman–Crippen MR) is 138 cm³/mol. The van der Waals surface area contributed by atoms with Crippen molar-refractivity contribution in [3.63, 3.8) is 0 Å². The first kappa shape index (κ1) is 21.6. The summed E-state index contributed by atoms with van der Waals surface area (Å²) < 4.78 is 0. The van der Waals surface area contributed by atoms with Gasteiger partial charge in [0, 0.05) is 17.5 Å². The van der Waals surface area contributed by atoms with E-state index < -0.39 is 0 Å². The van der Waals surface area contributed by atoms with E-state index in [2.05, 4.69) is 17.0 Å².